The van der Waals surface area contributed by atoms with E-state index in [1.165, 1.54) is 0 Å². The lowest BCUT2D eigenvalue weighted by Crippen LogP contribution is -1.07. The van der Waals surface area contributed by atoms with Crippen LogP contribution in [0.4, 0.5) is 0 Å². The zero-order valence-corrected chi connectivity index (χ0v) is 10.6. The molecule has 0 saturated carbocycles. The third-order valence-corrected chi connectivity index (χ3v) is 0. The standard InChI is InChI=1S/2C3H6.3C2H6/c2*1-3-2;3*1-2/h2*3H,1H2,2H3;3*1-2H3. The molecule has 0 aromatic carbocycles. The molecule has 0 aliphatic rings. The Morgan fingerprint density at radius 3 is 0.583 bits per heavy atom. The van der Waals surface area contributed by atoms with Crippen LogP contribution in [-0.2, 0) is 0 Å². The molecule has 0 rings (SSSR count). The Bertz CT molecular complexity index is 21.0. The van der Waals surface area contributed by atoms with E-state index < -0.39 is 0 Å². The van der Waals surface area contributed by atoms with Crippen molar-refractivity contribution >= 4 is 0 Å². The fourth-order valence-corrected chi connectivity index (χ4v) is 0. The van der Waals surface area contributed by atoms with Gasteiger partial charge in [-0.15, -0.1) is 13.2 Å². The van der Waals surface area contributed by atoms with Crippen LogP contribution in [0.15, 0.2) is 25.3 Å². The highest BCUT2D eigenvalue weighted by atomic mass is 13.2. The van der Waals surface area contributed by atoms with Crippen LogP contribution < -0.4 is 0 Å². The number of rotatable bonds is 0. The predicted molar refractivity (Wildman–Crippen MR) is 65.8 cm³/mol. The average molecular weight is 174 g/mol. The maximum absolute atomic E-state index is 3.36. The highest BCUT2D eigenvalue weighted by molar-refractivity contribution is 4.51. The molecule has 0 unspecified atom stereocenters. The topological polar surface area (TPSA) is 0 Å². The SMILES string of the molecule is C=CC.C=CC.CC.CC.CC. The third kappa shape index (κ3) is 2520. The molecule has 0 radical (unpaired) electrons. The molecule has 0 atom stereocenters. The summed E-state index contributed by atoms with van der Waals surface area (Å²) in [5.74, 6) is 0. The van der Waals surface area contributed by atoms with Gasteiger partial charge in [-0.25, -0.2) is 0 Å². The summed E-state index contributed by atoms with van der Waals surface area (Å²) in [5, 5.41) is 0. The van der Waals surface area contributed by atoms with Gasteiger partial charge in [-0.1, -0.05) is 53.7 Å². The molecule has 0 saturated heterocycles. The molecule has 0 fully saturated rings. The Balaban J connectivity index is -0.0000000174. The second-order valence-electron chi connectivity index (χ2n) is 0.816. The van der Waals surface area contributed by atoms with Crippen LogP contribution >= 0.6 is 0 Å². The van der Waals surface area contributed by atoms with Gasteiger partial charge < -0.3 is 0 Å². The molecule has 0 nitrogen and oxygen atoms in total. The van der Waals surface area contributed by atoms with Crippen LogP contribution in [-0.4, -0.2) is 0 Å². The van der Waals surface area contributed by atoms with E-state index in [4.69, 9.17) is 0 Å². The van der Waals surface area contributed by atoms with Crippen molar-refractivity contribution in [1.82, 2.24) is 0 Å². The van der Waals surface area contributed by atoms with Crippen LogP contribution in [0.5, 0.6) is 0 Å². The highest BCUT2D eigenvalue weighted by Crippen LogP contribution is 1.38. The van der Waals surface area contributed by atoms with Crippen LogP contribution in [0.1, 0.15) is 55.4 Å². The first-order valence-electron chi connectivity index (χ1n) is 4.97. The Hall–Kier alpha value is -0.520. The largest absolute Gasteiger partial charge is 0.103 e. The lowest BCUT2D eigenvalue weighted by atomic mass is 10.8. The summed E-state index contributed by atoms with van der Waals surface area (Å²) in [7, 11) is 0. The van der Waals surface area contributed by atoms with Gasteiger partial charge in [0.05, 0.1) is 0 Å². The van der Waals surface area contributed by atoms with Gasteiger partial charge in [0.1, 0.15) is 0 Å². The molecule has 0 heteroatoms. The van der Waals surface area contributed by atoms with Gasteiger partial charge in [0.25, 0.3) is 0 Å². The second-order valence-corrected chi connectivity index (χ2v) is 0.816. The summed E-state index contributed by atoms with van der Waals surface area (Å²) in [5.41, 5.74) is 0. The van der Waals surface area contributed by atoms with Crippen molar-refractivity contribution in [2.45, 2.75) is 55.4 Å². The molecule has 0 aliphatic heterocycles. The first kappa shape index (κ1) is 30.0. The van der Waals surface area contributed by atoms with Crippen molar-refractivity contribution in [3.8, 4) is 0 Å². The summed E-state index contributed by atoms with van der Waals surface area (Å²) < 4.78 is 0. The van der Waals surface area contributed by atoms with Crippen LogP contribution in [0.3, 0.4) is 0 Å². The lowest BCUT2D eigenvalue weighted by molar-refractivity contribution is 1.50. The van der Waals surface area contributed by atoms with Crippen molar-refractivity contribution in [2.75, 3.05) is 0 Å². The first-order chi connectivity index (χ1) is 5.83. The third-order valence-electron chi connectivity index (χ3n) is 0. The predicted octanol–water partition coefficient (Wildman–Crippen LogP) is 5.46. The van der Waals surface area contributed by atoms with E-state index in [1.807, 2.05) is 55.4 Å². The fraction of sp³-hybridized carbons (Fsp3) is 0.667. The summed E-state index contributed by atoms with van der Waals surface area (Å²) >= 11 is 0. The van der Waals surface area contributed by atoms with E-state index in [-0.39, 0.29) is 0 Å². The van der Waals surface area contributed by atoms with Gasteiger partial charge in [-0.3, -0.25) is 0 Å². The fourth-order valence-electron chi connectivity index (χ4n) is 0. The van der Waals surface area contributed by atoms with Crippen molar-refractivity contribution in [1.29, 1.82) is 0 Å². The Morgan fingerprint density at radius 1 is 0.583 bits per heavy atom. The zero-order chi connectivity index (χ0) is 11.4. The Labute approximate surface area is 81.4 Å². The molecule has 12 heavy (non-hydrogen) atoms. The molecule has 0 aliphatic carbocycles. The molecule has 78 valence electrons. The van der Waals surface area contributed by atoms with E-state index >= 15 is 0 Å². The minimum atomic E-state index is 1.75. The molecule has 0 amide bonds. The van der Waals surface area contributed by atoms with E-state index in [1.54, 1.807) is 12.2 Å². The number of hydrogen-bond donors (Lipinski definition) is 0. The van der Waals surface area contributed by atoms with Gasteiger partial charge in [0.15, 0.2) is 0 Å². The number of hydrogen-bond acceptors (Lipinski definition) is 0. The van der Waals surface area contributed by atoms with Crippen LogP contribution in [0.25, 0.3) is 0 Å². The number of allylic oxidation sites excluding steroid dienone is 2. The van der Waals surface area contributed by atoms with Gasteiger partial charge in [-0.2, -0.15) is 0 Å². The first-order valence-corrected chi connectivity index (χ1v) is 4.97. The van der Waals surface area contributed by atoms with Crippen LogP contribution in [0.2, 0.25) is 0 Å². The molecular weight excluding hydrogens is 144 g/mol. The normalized spacial score (nSPS) is 3.67. The minimum absolute atomic E-state index is 1.75. The maximum Gasteiger partial charge on any atom is -0.0473 e. The van der Waals surface area contributed by atoms with Crippen molar-refractivity contribution in [3.05, 3.63) is 25.3 Å². The van der Waals surface area contributed by atoms with Crippen molar-refractivity contribution in [3.63, 3.8) is 0 Å². The summed E-state index contributed by atoms with van der Waals surface area (Å²) in [6.07, 6.45) is 3.50. The smallest absolute Gasteiger partial charge is 0.0473 e. The molecule has 0 aromatic heterocycles. The van der Waals surface area contributed by atoms with E-state index in [9.17, 15) is 0 Å². The quantitative estimate of drug-likeness (QED) is 0.428. The minimum Gasteiger partial charge on any atom is -0.103 e. The maximum atomic E-state index is 3.36. The summed E-state index contributed by atoms with van der Waals surface area (Å²) in [6, 6.07) is 0. The Morgan fingerprint density at radius 2 is 0.583 bits per heavy atom. The highest BCUT2D eigenvalue weighted by Gasteiger charge is 1.15. The van der Waals surface area contributed by atoms with Gasteiger partial charge in [0.2, 0.25) is 0 Å². The van der Waals surface area contributed by atoms with Gasteiger partial charge >= 0.3 is 0 Å². The van der Waals surface area contributed by atoms with Gasteiger partial charge in [-0.05, 0) is 13.8 Å². The monoisotopic (exact) mass is 174 g/mol. The molecule has 0 bridgehead atoms. The van der Waals surface area contributed by atoms with Crippen molar-refractivity contribution < 1.29 is 0 Å². The molecule has 0 aromatic rings. The lowest BCUT2D eigenvalue weighted by Gasteiger charge is -1.31. The average Bonchev–Trinajstić information content (AvgIpc) is 2.16. The summed E-state index contributed by atoms with van der Waals surface area (Å²) in [4.78, 5) is 0. The molecule has 0 N–H and O–H groups in total. The zero-order valence-electron chi connectivity index (χ0n) is 10.6. The molecule has 0 heterocycles. The second kappa shape index (κ2) is 430. The summed E-state index contributed by atoms with van der Waals surface area (Å²) in [6.45, 7) is 22.5. The van der Waals surface area contributed by atoms with E-state index in [2.05, 4.69) is 13.2 Å². The molecule has 0 spiro atoms. The Kier molecular flexibility index (Phi) is 1080. The van der Waals surface area contributed by atoms with E-state index in [0.29, 0.717) is 0 Å². The van der Waals surface area contributed by atoms with E-state index in [0.717, 1.165) is 0 Å². The molecular formula is C12H30. The van der Waals surface area contributed by atoms with Crippen LogP contribution in [0, 0.1) is 0 Å². The van der Waals surface area contributed by atoms with Crippen molar-refractivity contribution in [2.24, 2.45) is 0 Å². The van der Waals surface area contributed by atoms with Gasteiger partial charge in [0, 0.05) is 0 Å².